The topological polar surface area (TPSA) is 176 Å². The molecule has 2 amide bonds. The number of aromatic nitrogens is 1. The van der Waals surface area contributed by atoms with Crippen molar-refractivity contribution in [3.63, 3.8) is 0 Å². The second kappa shape index (κ2) is 13.3. The third-order valence-corrected chi connectivity index (χ3v) is 6.11. The van der Waals surface area contributed by atoms with Crippen LogP contribution in [0.3, 0.4) is 0 Å². The lowest BCUT2D eigenvalue weighted by Crippen LogP contribution is -2.58. The predicted molar refractivity (Wildman–Crippen MR) is 141 cm³/mol. The molecule has 39 heavy (non-hydrogen) atoms. The van der Waals surface area contributed by atoms with Crippen LogP contribution < -0.4 is 16.0 Å². The van der Waals surface area contributed by atoms with Gasteiger partial charge in [-0.3, -0.25) is 19.2 Å². The highest BCUT2D eigenvalue weighted by molar-refractivity contribution is 6.51. The number of benzene rings is 1. The number of nitrogens with one attached hydrogen (secondary N) is 3. The summed E-state index contributed by atoms with van der Waals surface area (Å²) in [7, 11) is 0.106. The van der Waals surface area contributed by atoms with Crippen LogP contribution >= 0.6 is 0 Å². The number of amides is 2. The van der Waals surface area contributed by atoms with Crippen LogP contribution in [0.5, 0.6) is 0 Å². The van der Waals surface area contributed by atoms with Crippen LogP contribution in [-0.4, -0.2) is 83.3 Å². The molecule has 1 aliphatic heterocycles. The Kier molecular flexibility index (Phi) is 10.2. The number of hydrogen-bond acceptors (Lipinski definition) is 9. The van der Waals surface area contributed by atoms with Gasteiger partial charge in [0.2, 0.25) is 5.91 Å². The normalized spacial score (nSPS) is 18.2. The highest BCUT2D eigenvalue weighted by atomic mass is 16.7. The van der Waals surface area contributed by atoms with Gasteiger partial charge in [-0.1, -0.05) is 50.2 Å². The summed E-state index contributed by atoms with van der Waals surface area (Å²) in [4.78, 5) is 54.5. The smallest absolute Gasteiger partial charge is 0.506 e. The Morgan fingerprint density at radius 3 is 2.33 bits per heavy atom. The molecule has 208 valence electrons. The number of aliphatic hydroxyl groups excluding tert-OH is 1. The van der Waals surface area contributed by atoms with E-state index in [0.29, 0.717) is 12.1 Å². The van der Waals surface area contributed by atoms with Crippen LogP contribution in [0.2, 0.25) is 0 Å². The van der Waals surface area contributed by atoms with Gasteiger partial charge in [0.05, 0.1) is 17.7 Å². The first-order valence-corrected chi connectivity index (χ1v) is 12.6. The minimum absolute atomic E-state index is 0.0146. The fourth-order valence-electron chi connectivity index (χ4n) is 4.18. The molecule has 5 N–H and O–H groups in total. The molecule has 12 nitrogen and oxygen atoms in total. The summed E-state index contributed by atoms with van der Waals surface area (Å²) in [5.41, 5.74) is 1.42. The highest BCUT2D eigenvalue weighted by Crippen LogP contribution is 2.21. The number of nitrogens with zero attached hydrogens (tertiary/aromatic N) is 1. The van der Waals surface area contributed by atoms with Gasteiger partial charge < -0.3 is 35.5 Å². The van der Waals surface area contributed by atoms with E-state index in [1.165, 1.54) is 20.0 Å². The number of carboxylic acid groups (broad SMARTS) is 1. The molecule has 1 saturated heterocycles. The lowest BCUT2D eigenvalue weighted by molar-refractivity contribution is -0.148. The Morgan fingerprint density at radius 1 is 1.05 bits per heavy atom. The molecule has 2 heterocycles. The van der Waals surface area contributed by atoms with Crippen LogP contribution in [-0.2, 0) is 23.7 Å². The monoisotopic (exact) mass is 540 g/mol. The number of rotatable bonds is 12. The number of hydrogen-bond donors (Lipinski definition) is 5. The van der Waals surface area contributed by atoms with Crippen LogP contribution in [0, 0.1) is 5.92 Å². The lowest BCUT2D eigenvalue weighted by Gasteiger charge is -2.26. The molecule has 0 spiro atoms. The van der Waals surface area contributed by atoms with Gasteiger partial charge >= 0.3 is 19.1 Å². The first kappa shape index (κ1) is 29.7. The molecule has 1 aliphatic rings. The van der Waals surface area contributed by atoms with Crippen molar-refractivity contribution in [2.75, 3.05) is 7.05 Å². The predicted octanol–water partition coefficient (Wildman–Crippen LogP) is 0.401. The molecule has 0 radical (unpaired) electrons. The third kappa shape index (κ3) is 7.62. The maximum Gasteiger partial charge on any atom is 0.552 e. The molecule has 0 aliphatic carbocycles. The minimum Gasteiger partial charge on any atom is -0.506 e. The van der Waals surface area contributed by atoms with Gasteiger partial charge in [-0.05, 0) is 38.4 Å². The fourth-order valence-corrected chi connectivity index (χ4v) is 4.18. The second-order valence-electron chi connectivity index (χ2n) is 9.68. The number of carbonyl (C=O) groups excluding carboxylic acids is 3. The van der Waals surface area contributed by atoms with Gasteiger partial charge in [0.15, 0.2) is 6.10 Å². The van der Waals surface area contributed by atoms with E-state index >= 15 is 0 Å². The Hall–Kier alpha value is -3.81. The average molecular weight is 540 g/mol. The van der Waals surface area contributed by atoms with Crippen molar-refractivity contribution in [3.8, 4) is 11.3 Å². The summed E-state index contributed by atoms with van der Waals surface area (Å²) in [6.07, 6.45) is -2.40. The molecule has 1 fully saturated rings. The summed E-state index contributed by atoms with van der Waals surface area (Å²) < 4.78 is 10.9. The maximum absolute atomic E-state index is 13.2. The summed E-state index contributed by atoms with van der Waals surface area (Å²) in [5.74, 6) is -4.46. The highest BCUT2D eigenvalue weighted by Gasteiger charge is 2.50. The van der Waals surface area contributed by atoms with Gasteiger partial charge in [0.1, 0.15) is 17.8 Å². The van der Waals surface area contributed by atoms with Crippen molar-refractivity contribution in [2.45, 2.75) is 57.4 Å². The molecule has 3 rings (SSSR count). The Morgan fingerprint density at radius 2 is 1.74 bits per heavy atom. The van der Waals surface area contributed by atoms with Crippen molar-refractivity contribution in [3.05, 3.63) is 54.2 Å². The van der Waals surface area contributed by atoms with E-state index in [4.69, 9.17) is 9.31 Å². The van der Waals surface area contributed by atoms with E-state index in [1.54, 1.807) is 12.1 Å². The molecule has 1 aromatic heterocycles. The van der Waals surface area contributed by atoms with Gasteiger partial charge in [0, 0.05) is 5.56 Å². The molecular weight excluding hydrogens is 507 g/mol. The van der Waals surface area contributed by atoms with Gasteiger partial charge in [-0.2, -0.15) is 0 Å². The average Bonchev–Trinajstić information content (AvgIpc) is 3.28. The van der Waals surface area contributed by atoms with E-state index in [-0.39, 0.29) is 11.6 Å². The fraction of sp³-hybridized carbons (Fsp3) is 0.423. The first-order valence-electron chi connectivity index (χ1n) is 12.6. The second-order valence-corrected chi connectivity index (χ2v) is 9.68. The van der Waals surface area contributed by atoms with Crippen molar-refractivity contribution >= 4 is 30.9 Å². The standard InChI is InChI=1S/C26H33BN4O8/c1-14(2)13-19(27-38-22(26(37)39-27)21(28-4)25(35)36)30-24(34)20(15(3)32)31-23(33)18-12-8-11-17(29-18)16-9-6-5-7-10-16/h5-12,14-15,19-22,28,32H,13H2,1-4H3,(H,30,34)(H,31,33)(H,35,36)/t15?,19?,20?,21?,22-/m1/s1. The number of likely N-dealkylation sites (N-methyl/N-ethyl adjacent to an activating group) is 1. The van der Waals surface area contributed by atoms with Crippen LogP contribution in [0.25, 0.3) is 11.3 Å². The van der Waals surface area contributed by atoms with E-state index < -0.39 is 61.1 Å². The van der Waals surface area contributed by atoms with Crippen LogP contribution in [0.4, 0.5) is 0 Å². The molecular formula is C26H33BN4O8. The van der Waals surface area contributed by atoms with Gasteiger partial charge in [-0.15, -0.1) is 0 Å². The first-order chi connectivity index (χ1) is 18.5. The quantitative estimate of drug-likeness (QED) is 0.237. The molecule has 0 saturated carbocycles. The zero-order chi connectivity index (χ0) is 28.7. The van der Waals surface area contributed by atoms with Crippen LogP contribution in [0.15, 0.2) is 48.5 Å². The number of aliphatic hydroxyl groups is 1. The van der Waals surface area contributed by atoms with Crippen molar-refractivity contribution in [2.24, 2.45) is 5.92 Å². The maximum atomic E-state index is 13.2. The van der Waals surface area contributed by atoms with Crippen molar-refractivity contribution < 1.29 is 38.7 Å². The number of carboxylic acids is 1. The SMILES string of the molecule is CNC(C(=O)O)[C@H]1OB(C(CC(C)C)NC(=O)C(NC(=O)c2cccc(-c3ccccc3)n2)C(C)O)OC1=O. The molecule has 0 bridgehead atoms. The van der Waals surface area contributed by atoms with E-state index in [0.717, 1.165) is 5.56 Å². The molecule has 2 aromatic rings. The Bertz CT molecular complexity index is 1180. The third-order valence-electron chi connectivity index (χ3n) is 6.11. The summed E-state index contributed by atoms with van der Waals surface area (Å²) in [5, 5.41) is 27.4. The zero-order valence-corrected chi connectivity index (χ0v) is 22.2. The molecule has 1 aromatic carbocycles. The zero-order valence-electron chi connectivity index (χ0n) is 22.2. The van der Waals surface area contributed by atoms with Gasteiger partial charge in [-0.25, -0.2) is 4.98 Å². The van der Waals surface area contributed by atoms with E-state index in [2.05, 4.69) is 20.9 Å². The summed E-state index contributed by atoms with van der Waals surface area (Å²) in [6, 6.07) is 11.4. The van der Waals surface area contributed by atoms with Crippen molar-refractivity contribution in [1.82, 2.24) is 20.9 Å². The van der Waals surface area contributed by atoms with Crippen LogP contribution in [0.1, 0.15) is 37.7 Å². The van der Waals surface area contributed by atoms with Crippen molar-refractivity contribution in [1.29, 1.82) is 0 Å². The molecule has 13 heteroatoms. The Labute approximate surface area is 226 Å². The molecule has 5 atom stereocenters. The Balaban J connectivity index is 1.75. The van der Waals surface area contributed by atoms with E-state index in [1.807, 2.05) is 44.2 Å². The lowest BCUT2D eigenvalue weighted by atomic mass is 9.74. The minimum atomic E-state index is -1.42. The van der Waals surface area contributed by atoms with Gasteiger partial charge in [0.25, 0.3) is 5.91 Å². The number of carbonyl (C=O) groups is 4. The largest absolute Gasteiger partial charge is 0.552 e. The molecule has 4 unspecified atom stereocenters. The summed E-state index contributed by atoms with van der Waals surface area (Å²) in [6.45, 7) is 5.10. The number of pyridine rings is 1. The summed E-state index contributed by atoms with van der Waals surface area (Å²) >= 11 is 0. The number of aliphatic carboxylic acids is 1. The van der Waals surface area contributed by atoms with E-state index in [9.17, 15) is 29.4 Å².